The van der Waals surface area contributed by atoms with E-state index in [9.17, 15) is 9.59 Å². The number of carbonyl (C=O) groups is 2. The lowest BCUT2D eigenvalue weighted by atomic mass is 10.0. The van der Waals surface area contributed by atoms with Crippen LogP contribution in [0.2, 0.25) is 0 Å². The molecule has 0 spiro atoms. The molecule has 2 amide bonds. The van der Waals surface area contributed by atoms with Gasteiger partial charge < -0.3 is 15.0 Å². The molecule has 0 bridgehead atoms. The van der Waals surface area contributed by atoms with Crippen LogP contribution in [0.15, 0.2) is 35.9 Å². The van der Waals surface area contributed by atoms with Crippen molar-refractivity contribution in [2.45, 2.75) is 30.5 Å². The van der Waals surface area contributed by atoms with Gasteiger partial charge >= 0.3 is 0 Å². The van der Waals surface area contributed by atoms with Crippen LogP contribution in [0.5, 0.6) is 5.75 Å². The van der Waals surface area contributed by atoms with Crippen LogP contribution in [-0.2, 0) is 16.0 Å². The molecule has 1 aliphatic rings. The van der Waals surface area contributed by atoms with Crippen molar-refractivity contribution in [1.82, 2.24) is 10.2 Å². The van der Waals surface area contributed by atoms with Gasteiger partial charge in [0.2, 0.25) is 0 Å². The quantitative estimate of drug-likeness (QED) is 0.721. The molecule has 0 aromatic heterocycles. The Balaban J connectivity index is 2.15. The lowest BCUT2D eigenvalue weighted by Gasteiger charge is -2.45. The van der Waals surface area contributed by atoms with E-state index in [0.717, 1.165) is 11.3 Å². The fourth-order valence-electron chi connectivity index (χ4n) is 2.74. The highest BCUT2D eigenvalue weighted by Crippen LogP contribution is 2.35. The fourth-order valence-corrected chi connectivity index (χ4v) is 4.25. The molecule has 1 aromatic carbocycles. The van der Waals surface area contributed by atoms with Gasteiger partial charge in [-0.05, 0) is 50.1 Å². The number of likely N-dealkylation sites (N-methyl/N-ethyl adjacent to an activating group) is 1. The van der Waals surface area contributed by atoms with E-state index in [1.165, 1.54) is 29.1 Å². The monoisotopic (exact) mass is 394 g/mol. The van der Waals surface area contributed by atoms with Crippen LogP contribution in [0.25, 0.3) is 0 Å². The summed E-state index contributed by atoms with van der Waals surface area (Å²) in [6.07, 6.45) is 6.14. The Kier molecular flexibility index (Phi) is 7.06. The van der Waals surface area contributed by atoms with Gasteiger partial charge in [-0.25, -0.2) is 0 Å². The molecule has 7 heteroatoms. The van der Waals surface area contributed by atoms with Crippen molar-refractivity contribution in [1.29, 1.82) is 0 Å². The molecular weight excluding hydrogens is 368 g/mol. The average molecular weight is 395 g/mol. The van der Waals surface area contributed by atoms with Crippen molar-refractivity contribution in [3.8, 4) is 5.75 Å². The highest BCUT2D eigenvalue weighted by molar-refractivity contribution is 8.01. The number of thioether (sulfide) groups is 2. The molecule has 1 saturated heterocycles. The Morgan fingerprint density at radius 2 is 1.92 bits per heavy atom. The highest BCUT2D eigenvalue weighted by Gasteiger charge is 2.50. The van der Waals surface area contributed by atoms with Crippen LogP contribution in [0.3, 0.4) is 0 Å². The van der Waals surface area contributed by atoms with Crippen LogP contribution in [-0.4, -0.2) is 53.1 Å². The molecule has 0 aliphatic carbocycles. The maximum absolute atomic E-state index is 12.8. The molecule has 5 nitrogen and oxygen atoms in total. The topological polar surface area (TPSA) is 58.6 Å². The number of hydrogen-bond acceptors (Lipinski definition) is 5. The standard InChI is InChI=1S/C19H26N2O3S2/c1-13(2)10-11-24-15-8-6-14(7-9-15)12-19(26-5)18(23)20-16(25-4)17(22)21(19)3/h6-10,16H,11-12H2,1-5H3,(H,20,23)/t16-,19-/m1/s1. The molecule has 1 aliphatic heterocycles. The number of carbonyl (C=O) groups excluding carboxylic acids is 2. The summed E-state index contributed by atoms with van der Waals surface area (Å²) in [6.45, 7) is 4.60. The zero-order valence-electron chi connectivity index (χ0n) is 15.9. The molecular formula is C19H26N2O3S2. The minimum absolute atomic E-state index is 0.0758. The van der Waals surface area contributed by atoms with E-state index in [1.54, 1.807) is 11.9 Å². The number of nitrogens with one attached hydrogen (secondary N) is 1. The summed E-state index contributed by atoms with van der Waals surface area (Å²) in [5, 5.41) is 2.32. The predicted molar refractivity (Wildman–Crippen MR) is 110 cm³/mol. The van der Waals surface area contributed by atoms with Gasteiger partial charge in [0, 0.05) is 13.5 Å². The van der Waals surface area contributed by atoms with Gasteiger partial charge in [-0.1, -0.05) is 17.7 Å². The third kappa shape index (κ3) is 4.38. The van der Waals surface area contributed by atoms with Crippen molar-refractivity contribution in [2.24, 2.45) is 0 Å². The number of piperazine rings is 1. The summed E-state index contributed by atoms with van der Waals surface area (Å²) >= 11 is 2.72. The molecule has 1 fully saturated rings. The number of ether oxygens (including phenoxy) is 1. The summed E-state index contributed by atoms with van der Waals surface area (Å²) in [7, 11) is 1.71. The second-order valence-electron chi connectivity index (χ2n) is 6.39. The Morgan fingerprint density at radius 3 is 2.46 bits per heavy atom. The lowest BCUT2D eigenvalue weighted by molar-refractivity contribution is -0.146. The van der Waals surface area contributed by atoms with Gasteiger partial charge in [0.1, 0.15) is 12.4 Å². The summed E-state index contributed by atoms with van der Waals surface area (Å²) in [4.78, 5) is 26.0. The third-order valence-corrected chi connectivity index (χ3v) is 6.47. The zero-order valence-corrected chi connectivity index (χ0v) is 17.5. The minimum atomic E-state index is -0.937. The zero-order chi connectivity index (χ0) is 19.3. The highest BCUT2D eigenvalue weighted by atomic mass is 32.2. The first-order chi connectivity index (χ1) is 12.3. The Bertz CT molecular complexity index is 687. The number of hydrogen-bond donors (Lipinski definition) is 1. The minimum Gasteiger partial charge on any atom is -0.490 e. The van der Waals surface area contributed by atoms with Gasteiger partial charge in [0.05, 0.1) is 0 Å². The Hall–Kier alpha value is -1.60. The summed E-state index contributed by atoms with van der Waals surface area (Å²) in [5.41, 5.74) is 2.19. The number of rotatable bonds is 7. The smallest absolute Gasteiger partial charge is 0.258 e. The van der Waals surface area contributed by atoms with Gasteiger partial charge in [-0.2, -0.15) is 0 Å². The largest absolute Gasteiger partial charge is 0.490 e. The molecule has 1 N–H and O–H groups in total. The molecule has 1 heterocycles. The molecule has 26 heavy (non-hydrogen) atoms. The first-order valence-corrected chi connectivity index (χ1v) is 10.9. The van der Waals surface area contributed by atoms with Crippen LogP contribution in [0.4, 0.5) is 0 Å². The number of allylic oxidation sites excluding steroid dienone is 1. The van der Waals surface area contributed by atoms with Crippen LogP contribution < -0.4 is 10.1 Å². The Morgan fingerprint density at radius 1 is 1.27 bits per heavy atom. The molecule has 0 unspecified atom stereocenters. The SMILES string of the molecule is CS[C@H]1NC(=O)[C@@](Cc2ccc(OCC=C(C)C)cc2)(SC)N(C)C1=O. The second kappa shape index (κ2) is 8.86. The maximum Gasteiger partial charge on any atom is 0.258 e. The van der Waals surface area contributed by atoms with E-state index < -0.39 is 10.2 Å². The van der Waals surface area contributed by atoms with E-state index in [4.69, 9.17) is 4.74 Å². The number of amides is 2. The van der Waals surface area contributed by atoms with Gasteiger partial charge in [-0.15, -0.1) is 23.5 Å². The van der Waals surface area contributed by atoms with Crippen molar-refractivity contribution in [3.05, 3.63) is 41.5 Å². The van der Waals surface area contributed by atoms with Gasteiger partial charge in [-0.3, -0.25) is 9.59 Å². The fraction of sp³-hybridized carbons (Fsp3) is 0.474. The van der Waals surface area contributed by atoms with Gasteiger partial charge in [0.15, 0.2) is 10.2 Å². The average Bonchev–Trinajstić information content (AvgIpc) is 2.63. The van der Waals surface area contributed by atoms with E-state index in [2.05, 4.69) is 5.32 Å². The van der Waals surface area contributed by atoms with E-state index in [-0.39, 0.29) is 11.8 Å². The molecule has 2 atom stereocenters. The van der Waals surface area contributed by atoms with Crippen molar-refractivity contribution >= 4 is 35.3 Å². The molecule has 1 aromatic rings. The van der Waals surface area contributed by atoms with Crippen LogP contribution in [0.1, 0.15) is 19.4 Å². The summed E-state index contributed by atoms with van der Waals surface area (Å²) in [6, 6.07) is 7.69. The lowest BCUT2D eigenvalue weighted by Crippen LogP contribution is -2.68. The van der Waals surface area contributed by atoms with E-state index in [1.807, 2.05) is 56.7 Å². The van der Waals surface area contributed by atoms with Gasteiger partial charge in [0.25, 0.3) is 11.8 Å². The third-order valence-electron chi connectivity index (χ3n) is 4.40. The molecule has 142 valence electrons. The Labute approximate surface area is 163 Å². The van der Waals surface area contributed by atoms with Crippen LogP contribution >= 0.6 is 23.5 Å². The van der Waals surface area contributed by atoms with Crippen molar-refractivity contribution < 1.29 is 14.3 Å². The molecule has 2 rings (SSSR count). The predicted octanol–water partition coefficient (Wildman–Crippen LogP) is 2.91. The van der Waals surface area contributed by atoms with Crippen molar-refractivity contribution in [2.75, 3.05) is 26.2 Å². The summed E-state index contributed by atoms with van der Waals surface area (Å²) < 4.78 is 5.67. The van der Waals surface area contributed by atoms with E-state index in [0.29, 0.717) is 13.0 Å². The van der Waals surface area contributed by atoms with Crippen LogP contribution in [0, 0.1) is 0 Å². The number of benzene rings is 1. The summed E-state index contributed by atoms with van der Waals surface area (Å²) in [5.74, 6) is 0.577. The number of nitrogens with zero attached hydrogens (tertiary/aromatic N) is 1. The first-order valence-electron chi connectivity index (χ1n) is 8.35. The van der Waals surface area contributed by atoms with Crippen molar-refractivity contribution in [3.63, 3.8) is 0 Å². The molecule has 0 saturated carbocycles. The molecule has 0 radical (unpaired) electrons. The maximum atomic E-state index is 12.8. The van der Waals surface area contributed by atoms with E-state index >= 15 is 0 Å². The normalized spacial score (nSPS) is 22.8. The second-order valence-corrected chi connectivity index (χ2v) is 8.41. The first kappa shape index (κ1) is 20.7.